The molecule has 1 aliphatic rings. The van der Waals surface area contributed by atoms with Gasteiger partial charge < -0.3 is 5.32 Å². The number of hydrogen-bond donors (Lipinski definition) is 1. The molecule has 0 amide bonds. The first-order valence-electron chi connectivity index (χ1n) is 6.85. The number of aromatic nitrogens is 2. The minimum atomic E-state index is 0.511. The van der Waals surface area contributed by atoms with E-state index in [1.54, 1.807) is 0 Å². The maximum atomic E-state index is 6.11. The summed E-state index contributed by atoms with van der Waals surface area (Å²) in [7, 11) is 0. The molecule has 1 heterocycles. The van der Waals surface area contributed by atoms with E-state index < -0.39 is 0 Å². The Morgan fingerprint density at radius 3 is 2.61 bits per heavy atom. The Bertz CT molecular complexity index is 420. The van der Waals surface area contributed by atoms with Crippen LogP contribution in [-0.4, -0.2) is 16.0 Å². The van der Waals surface area contributed by atoms with Gasteiger partial charge >= 0.3 is 0 Å². The maximum Gasteiger partial charge on any atom is 0.137 e. The van der Waals surface area contributed by atoms with Gasteiger partial charge in [-0.2, -0.15) is 0 Å². The summed E-state index contributed by atoms with van der Waals surface area (Å²) in [6.07, 6.45) is 6.53. The monoisotopic (exact) mass is 267 g/mol. The minimum Gasteiger partial charge on any atom is -0.367 e. The molecule has 0 spiro atoms. The second kappa shape index (κ2) is 5.87. The molecule has 0 aromatic carbocycles. The van der Waals surface area contributed by atoms with Crippen molar-refractivity contribution in [3.63, 3.8) is 0 Å². The predicted molar refractivity (Wildman–Crippen MR) is 76.2 cm³/mol. The fraction of sp³-hybridized carbons (Fsp3) is 0.714. The van der Waals surface area contributed by atoms with Crippen molar-refractivity contribution in [2.24, 2.45) is 5.92 Å². The lowest BCUT2D eigenvalue weighted by atomic mass is 9.97. The fourth-order valence-corrected chi connectivity index (χ4v) is 2.83. The van der Waals surface area contributed by atoms with E-state index in [1.165, 1.54) is 32.1 Å². The molecular formula is C14H22ClN3. The topological polar surface area (TPSA) is 37.8 Å². The number of hydrogen-bond acceptors (Lipinski definition) is 3. The highest BCUT2D eigenvalue weighted by atomic mass is 35.5. The summed E-state index contributed by atoms with van der Waals surface area (Å²) in [5, 5.41) is 4.15. The van der Waals surface area contributed by atoms with Crippen LogP contribution in [0.5, 0.6) is 0 Å². The number of aryl methyl sites for hydroxylation is 1. The molecule has 0 aliphatic heterocycles. The maximum absolute atomic E-state index is 6.11. The Morgan fingerprint density at radius 2 is 1.83 bits per heavy atom. The van der Waals surface area contributed by atoms with Gasteiger partial charge in [0.2, 0.25) is 0 Å². The highest BCUT2D eigenvalue weighted by molar-refractivity contribution is 6.30. The van der Waals surface area contributed by atoms with Gasteiger partial charge in [0.15, 0.2) is 0 Å². The minimum absolute atomic E-state index is 0.511. The van der Waals surface area contributed by atoms with Gasteiger partial charge in [0.1, 0.15) is 16.8 Å². The lowest BCUT2D eigenvalue weighted by Gasteiger charge is -2.24. The summed E-state index contributed by atoms with van der Waals surface area (Å²) >= 11 is 6.11. The summed E-state index contributed by atoms with van der Waals surface area (Å²) < 4.78 is 0. The normalized spacial score (nSPS) is 24.7. The van der Waals surface area contributed by atoms with Crippen LogP contribution in [0.3, 0.4) is 0 Å². The number of anilines is 1. The SMILES string of the molecule is Cc1nc(Cl)c(C)c(NC2CCCCCC2C)n1. The second-order valence-electron chi connectivity index (χ2n) is 5.40. The van der Waals surface area contributed by atoms with E-state index in [0.29, 0.717) is 17.1 Å². The van der Waals surface area contributed by atoms with Gasteiger partial charge in [0, 0.05) is 11.6 Å². The third-order valence-corrected chi connectivity index (χ3v) is 4.25. The zero-order valence-electron chi connectivity index (χ0n) is 11.5. The van der Waals surface area contributed by atoms with Crippen LogP contribution >= 0.6 is 11.6 Å². The summed E-state index contributed by atoms with van der Waals surface area (Å²) in [5.74, 6) is 2.33. The van der Waals surface area contributed by atoms with Crippen molar-refractivity contribution in [2.45, 2.75) is 58.9 Å². The molecule has 1 N–H and O–H groups in total. The summed E-state index contributed by atoms with van der Waals surface area (Å²) in [6.45, 7) is 6.19. The first-order chi connectivity index (χ1) is 8.58. The van der Waals surface area contributed by atoms with Gasteiger partial charge in [-0.3, -0.25) is 0 Å². The van der Waals surface area contributed by atoms with Gasteiger partial charge in [-0.05, 0) is 32.6 Å². The molecule has 0 radical (unpaired) electrons. The van der Waals surface area contributed by atoms with Crippen LogP contribution in [0.2, 0.25) is 5.15 Å². The average Bonchev–Trinajstić information content (AvgIpc) is 2.51. The molecule has 2 unspecified atom stereocenters. The zero-order valence-corrected chi connectivity index (χ0v) is 12.2. The Balaban J connectivity index is 2.17. The molecule has 18 heavy (non-hydrogen) atoms. The van der Waals surface area contributed by atoms with Crippen LogP contribution in [0.25, 0.3) is 0 Å². The Morgan fingerprint density at radius 1 is 1.11 bits per heavy atom. The van der Waals surface area contributed by atoms with E-state index in [4.69, 9.17) is 11.6 Å². The first-order valence-corrected chi connectivity index (χ1v) is 7.23. The van der Waals surface area contributed by atoms with Crippen molar-refractivity contribution in [1.29, 1.82) is 0 Å². The number of nitrogens with zero attached hydrogens (tertiary/aromatic N) is 2. The third kappa shape index (κ3) is 3.14. The second-order valence-corrected chi connectivity index (χ2v) is 5.76. The number of halogens is 1. The third-order valence-electron chi connectivity index (χ3n) is 3.88. The molecule has 1 aliphatic carbocycles. The Kier molecular flexibility index (Phi) is 4.44. The van der Waals surface area contributed by atoms with Crippen LogP contribution in [-0.2, 0) is 0 Å². The lowest BCUT2D eigenvalue weighted by Crippen LogP contribution is -2.27. The van der Waals surface area contributed by atoms with Gasteiger partial charge in [-0.25, -0.2) is 9.97 Å². The largest absolute Gasteiger partial charge is 0.367 e. The van der Waals surface area contributed by atoms with Gasteiger partial charge in [-0.15, -0.1) is 0 Å². The molecule has 1 aromatic rings. The lowest BCUT2D eigenvalue weighted by molar-refractivity contribution is 0.455. The molecule has 3 nitrogen and oxygen atoms in total. The van der Waals surface area contributed by atoms with Crippen molar-refractivity contribution in [1.82, 2.24) is 9.97 Å². The standard InChI is InChI=1S/C14H22ClN3/c1-9-7-5-4-6-8-12(9)18-14-10(2)13(15)16-11(3)17-14/h9,12H,4-8H2,1-3H3,(H,16,17,18). The Labute approximate surface area is 114 Å². The van der Waals surface area contributed by atoms with Gasteiger partial charge in [0.25, 0.3) is 0 Å². The number of rotatable bonds is 2. The predicted octanol–water partition coefficient (Wildman–Crippen LogP) is 4.13. The van der Waals surface area contributed by atoms with Crippen molar-refractivity contribution in [2.75, 3.05) is 5.32 Å². The molecule has 0 bridgehead atoms. The summed E-state index contributed by atoms with van der Waals surface area (Å²) in [6, 6.07) is 0.511. The first kappa shape index (κ1) is 13.6. The van der Waals surface area contributed by atoms with E-state index in [9.17, 15) is 0 Å². The highest BCUT2D eigenvalue weighted by Crippen LogP contribution is 2.27. The van der Waals surface area contributed by atoms with Crippen LogP contribution in [0.1, 0.15) is 50.4 Å². The number of nitrogens with one attached hydrogen (secondary N) is 1. The highest BCUT2D eigenvalue weighted by Gasteiger charge is 2.21. The molecule has 1 aromatic heterocycles. The fourth-order valence-electron chi connectivity index (χ4n) is 2.62. The van der Waals surface area contributed by atoms with Crippen LogP contribution in [0.15, 0.2) is 0 Å². The van der Waals surface area contributed by atoms with E-state index in [1.807, 2.05) is 13.8 Å². The quantitative estimate of drug-likeness (QED) is 0.647. The Hall–Kier alpha value is -0.830. The van der Waals surface area contributed by atoms with Crippen molar-refractivity contribution in [3.8, 4) is 0 Å². The molecule has 1 fully saturated rings. The molecule has 1 saturated carbocycles. The molecule has 2 atom stereocenters. The van der Waals surface area contributed by atoms with E-state index in [2.05, 4.69) is 22.2 Å². The van der Waals surface area contributed by atoms with Crippen LogP contribution in [0.4, 0.5) is 5.82 Å². The average molecular weight is 268 g/mol. The van der Waals surface area contributed by atoms with Crippen molar-refractivity contribution < 1.29 is 0 Å². The van der Waals surface area contributed by atoms with E-state index >= 15 is 0 Å². The molecule has 4 heteroatoms. The molecule has 2 rings (SSSR count). The summed E-state index contributed by atoms with van der Waals surface area (Å²) in [5.41, 5.74) is 0.957. The summed E-state index contributed by atoms with van der Waals surface area (Å²) in [4.78, 5) is 8.66. The van der Waals surface area contributed by atoms with E-state index in [-0.39, 0.29) is 0 Å². The van der Waals surface area contributed by atoms with Gasteiger partial charge in [0.05, 0.1) is 0 Å². The smallest absolute Gasteiger partial charge is 0.137 e. The van der Waals surface area contributed by atoms with Crippen molar-refractivity contribution >= 4 is 17.4 Å². The zero-order chi connectivity index (χ0) is 13.1. The molecule has 100 valence electrons. The van der Waals surface area contributed by atoms with Crippen molar-refractivity contribution in [3.05, 3.63) is 16.5 Å². The molecular weight excluding hydrogens is 246 g/mol. The van der Waals surface area contributed by atoms with Crippen LogP contribution < -0.4 is 5.32 Å². The van der Waals surface area contributed by atoms with E-state index in [0.717, 1.165) is 17.2 Å². The van der Waals surface area contributed by atoms with Crippen LogP contribution in [0, 0.1) is 19.8 Å². The molecule has 0 saturated heterocycles. The van der Waals surface area contributed by atoms with Gasteiger partial charge in [-0.1, -0.05) is 37.8 Å².